The first kappa shape index (κ1) is 19.7. The molecule has 1 N–H and O–H groups in total. The third kappa shape index (κ3) is 4.63. The number of aryl methyl sites for hydroxylation is 1. The van der Waals surface area contributed by atoms with E-state index in [1.165, 1.54) is 0 Å². The van der Waals surface area contributed by atoms with Crippen LogP contribution < -0.4 is 14.8 Å². The molecule has 0 saturated heterocycles. The molecule has 28 heavy (non-hydrogen) atoms. The topological polar surface area (TPSA) is 73.9 Å². The van der Waals surface area contributed by atoms with Crippen LogP contribution >= 0.6 is 0 Å². The molecule has 2 aromatic rings. The molecule has 6 heteroatoms. The van der Waals surface area contributed by atoms with Gasteiger partial charge in [0, 0.05) is 17.7 Å². The van der Waals surface area contributed by atoms with Crippen LogP contribution in [0.15, 0.2) is 36.4 Å². The van der Waals surface area contributed by atoms with Crippen LogP contribution in [0.25, 0.3) is 0 Å². The van der Waals surface area contributed by atoms with Gasteiger partial charge in [-0.1, -0.05) is 24.3 Å². The van der Waals surface area contributed by atoms with Crippen LogP contribution in [0, 0.1) is 13.8 Å². The molecule has 6 nitrogen and oxygen atoms in total. The molecule has 1 heterocycles. The Hall–Kier alpha value is -3.02. The van der Waals surface area contributed by atoms with Gasteiger partial charge in [0.15, 0.2) is 24.7 Å². The zero-order valence-electron chi connectivity index (χ0n) is 16.6. The number of hydrogen-bond acceptors (Lipinski definition) is 5. The summed E-state index contributed by atoms with van der Waals surface area (Å²) in [6.07, 6.45) is 0.780. The van der Waals surface area contributed by atoms with Gasteiger partial charge in [-0.2, -0.15) is 0 Å². The van der Waals surface area contributed by atoms with Crippen molar-refractivity contribution in [2.75, 3.05) is 18.5 Å². The molecule has 0 saturated carbocycles. The minimum Gasteiger partial charge on any atom is -0.483 e. The van der Waals surface area contributed by atoms with Gasteiger partial charge in [0.1, 0.15) is 5.60 Å². The molecule has 1 aliphatic heterocycles. The number of hydrogen-bond donors (Lipinski definition) is 1. The second kappa shape index (κ2) is 7.92. The van der Waals surface area contributed by atoms with Gasteiger partial charge in [-0.3, -0.25) is 4.79 Å². The highest BCUT2D eigenvalue weighted by Gasteiger charge is 2.32. The molecule has 0 aromatic heterocycles. The average molecular weight is 383 g/mol. The second-order valence-corrected chi connectivity index (χ2v) is 7.53. The van der Waals surface area contributed by atoms with Gasteiger partial charge in [-0.25, -0.2) is 4.79 Å². The maximum absolute atomic E-state index is 12.0. The Labute approximate surface area is 164 Å². The number of para-hydroxylation sites is 1. The number of rotatable bonds is 6. The number of ether oxygens (including phenoxy) is 3. The summed E-state index contributed by atoms with van der Waals surface area (Å²) >= 11 is 0. The van der Waals surface area contributed by atoms with E-state index in [1.807, 2.05) is 58.0 Å². The van der Waals surface area contributed by atoms with Crippen molar-refractivity contribution in [2.24, 2.45) is 0 Å². The van der Waals surface area contributed by atoms with Gasteiger partial charge in [0.05, 0.1) is 0 Å². The lowest BCUT2D eigenvalue weighted by atomic mass is 10.0. The number of nitrogens with one attached hydrogen (secondary N) is 1. The van der Waals surface area contributed by atoms with Crippen LogP contribution in [-0.2, 0) is 20.7 Å². The Bertz CT molecular complexity index is 904. The predicted molar refractivity (Wildman–Crippen MR) is 106 cm³/mol. The average Bonchev–Trinajstić information content (AvgIpc) is 2.96. The summed E-state index contributed by atoms with van der Waals surface area (Å²) in [5.74, 6) is 0.145. The summed E-state index contributed by atoms with van der Waals surface area (Å²) in [5.41, 5.74) is 3.50. The Kier molecular flexibility index (Phi) is 5.58. The van der Waals surface area contributed by atoms with Crippen LogP contribution in [0.4, 0.5) is 5.69 Å². The molecule has 2 aromatic carbocycles. The summed E-state index contributed by atoms with van der Waals surface area (Å²) in [4.78, 5) is 24.0. The van der Waals surface area contributed by atoms with Crippen LogP contribution in [0.5, 0.6) is 11.5 Å². The van der Waals surface area contributed by atoms with Gasteiger partial charge < -0.3 is 19.5 Å². The molecule has 0 aliphatic carbocycles. The number of carbonyl (C=O) groups is 2. The Morgan fingerprint density at radius 3 is 2.64 bits per heavy atom. The standard InChI is InChI=1S/C22H25NO5/c1-14-7-5-9-17(15(14)2)23-19(24)12-27-20(25)13-26-18-10-6-8-16-11-22(3,4)28-21(16)18/h5-10H,11-13H2,1-4H3,(H,23,24). The molecule has 0 fully saturated rings. The summed E-state index contributed by atoms with van der Waals surface area (Å²) in [6, 6.07) is 11.2. The van der Waals surface area contributed by atoms with E-state index in [0.29, 0.717) is 17.2 Å². The smallest absolute Gasteiger partial charge is 0.344 e. The maximum atomic E-state index is 12.0. The molecule has 0 bridgehead atoms. The molecular weight excluding hydrogens is 358 g/mol. The van der Waals surface area contributed by atoms with E-state index in [2.05, 4.69) is 5.32 Å². The molecule has 0 unspecified atom stereocenters. The molecule has 0 spiro atoms. The third-order valence-electron chi connectivity index (χ3n) is 4.64. The minimum atomic E-state index is -0.619. The summed E-state index contributed by atoms with van der Waals surface area (Å²) in [7, 11) is 0. The molecule has 148 valence electrons. The predicted octanol–water partition coefficient (Wildman–Crippen LogP) is 3.58. The van der Waals surface area contributed by atoms with Gasteiger partial charge in [0.2, 0.25) is 0 Å². The molecule has 0 radical (unpaired) electrons. The monoisotopic (exact) mass is 383 g/mol. The minimum absolute atomic E-state index is 0.295. The van der Waals surface area contributed by atoms with E-state index in [-0.39, 0.29) is 18.8 Å². The van der Waals surface area contributed by atoms with E-state index in [4.69, 9.17) is 14.2 Å². The SMILES string of the molecule is Cc1cccc(NC(=O)COC(=O)COc2cccc3c2OC(C)(C)C3)c1C. The van der Waals surface area contributed by atoms with E-state index >= 15 is 0 Å². The number of amides is 1. The highest BCUT2D eigenvalue weighted by Crippen LogP contribution is 2.41. The van der Waals surface area contributed by atoms with E-state index in [0.717, 1.165) is 23.1 Å². The summed E-state index contributed by atoms with van der Waals surface area (Å²) < 4.78 is 16.5. The van der Waals surface area contributed by atoms with Gasteiger partial charge in [0.25, 0.3) is 5.91 Å². The van der Waals surface area contributed by atoms with Gasteiger partial charge in [-0.05, 0) is 51.0 Å². The lowest BCUT2D eigenvalue weighted by Gasteiger charge is -2.18. The van der Waals surface area contributed by atoms with Crippen molar-refractivity contribution in [1.29, 1.82) is 0 Å². The highest BCUT2D eigenvalue weighted by atomic mass is 16.6. The number of esters is 1. The fourth-order valence-electron chi connectivity index (χ4n) is 3.10. The Morgan fingerprint density at radius 1 is 1.11 bits per heavy atom. The summed E-state index contributed by atoms with van der Waals surface area (Å²) in [6.45, 7) is 7.22. The molecular formula is C22H25NO5. The van der Waals surface area contributed by atoms with Crippen molar-refractivity contribution < 1.29 is 23.8 Å². The van der Waals surface area contributed by atoms with Crippen LogP contribution in [-0.4, -0.2) is 30.7 Å². The van der Waals surface area contributed by atoms with Gasteiger partial charge in [-0.15, -0.1) is 0 Å². The zero-order valence-corrected chi connectivity index (χ0v) is 16.6. The van der Waals surface area contributed by atoms with Gasteiger partial charge >= 0.3 is 5.97 Å². The molecule has 0 atom stereocenters. The lowest BCUT2D eigenvalue weighted by Crippen LogP contribution is -2.25. The second-order valence-electron chi connectivity index (χ2n) is 7.53. The third-order valence-corrected chi connectivity index (χ3v) is 4.64. The van der Waals surface area contributed by atoms with Crippen LogP contribution in [0.1, 0.15) is 30.5 Å². The first-order chi connectivity index (χ1) is 13.2. The van der Waals surface area contributed by atoms with Crippen molar-refractivity contribution in [3.05, 3.63) is 53.1 Å². The highest BCUT2D eigenvalue weighted by molar-refractivity contribution is 5.93. The lowest BCUT2D eigenvalue weighted by molar-refractivity contribution is -0.149. The molecule has 1 aliphatic rings. The first-order valence-electron chi connectivity index (χ1n) is 9.20. The fourth-order valence-corrected chi connectivity index (χ4v) is 3.10. The summed E-state index contributed by atoms with van der Waals surface area (Å²) in [5, 5.41) is 2.75. The largest absolute Gasteiger partial charge is 0.483 e. The number of anilines is 1. The quantitative estimate of drug-likeness (QED) is 0.772. The van der Waals surface area contributed by atoms with Crippen molar-refractivity contribution in [3.8, 4) is 11.5 Å². The van der Waals surface area contributed by atoms with Crippen molar-refractivity contribution in [1.82, 2.24) is 0 Å². The normalized spacial score (nSPS) is 14.0. The van der Waals surface area contributed by atoms with Crippen molar-refractivity contribution >= 4 is 17.6 Å². The van der Waals surface area contributed by atoms with E-state index in [9.17, 15) is 9.59 Å². The molecule has 3 rings (SSSR count). The maximum Gasteiger partial charge on any atom is 0.344 e. The van der Waals surface area contributed by atoms with Crippen molar-refractivity contribution in [2.45, 2.75) is 39.7 Å². The van der Waals surface area contributed by atoms with Crippen LogP contribution in [0.3, 0.4) is 0 Å². The number of fused-ring (bicyclic) bond motifs is 1. The first-order valence-corrected chi connectivity index (χ1v) is 9.20. The number of benzene rings is 2. The Balaban J connectivity index is 1.49. The van der Waals surface area contributed by atoms with Crippen LogP contribution in [0.2, 0.25) is 0 Å². The Morgan fingerprint density at radius 2 is 1.86 bits per heavy atom. The van der Waals surface area contributed by atoms with E-state index in [1.54, 1.807) is 6.07 Å². The zero-order chi connectivity index (χ0) is 20.3. The van der Waals surface area contributed by atoms with E-state index < -0.39 is 11.9 Å². The van der Waals surface area contributed by atoms with Crippen molar-refractivity contribution in [3.63, 3.8) is 0 Å². The molecule has 1 amide bonds. The number of carbonyl (C=O) groups excluding carboxylic acids is 2. The fraction of sp³-hybridized carbons (Fsp3) is 0.364.